The maximum Gasteiger partial charge on any atom is 0.329 e. The number of carboxylic acid groups (broad SMARTS) is 1. The summed E-state index contributed by atoms with van der Waals surface area (Å²) in [5.74, 6) is -0.898. The van der Waals surface area contributed by atoms with Gasteiger partial charge in [0.15, 0.2) is 0 Å². The third kappa shape index (κ3) is 20.4. The summed E-state index contributed by atoms with van der Waals surface area (Å²) in [5, 5.41) is 8.40. The maximum absolute atomic E-state index is 10.2. The van der Waals surface area contributed by atoms with E-state index in [1.165, 1.54) is 0 Å². The van der Waals surface area contributed by atoms with Crippen LogP contribution in [0.3, 0.4) is 0 Å². The van der Waals surface area contributed by atoms with Crippen molar-refractivity contribution in [3.8, 4) is 0 Å². The Labute approximate surface area is 141 Å². The molecular weight excluding hydrogens is 288 g/mol. The zero-order valence-corrected chi connectivity index (χ0v) is 14.5. The molecule has 0 aromatic carbocycles. The van der Waals surface area contributed by atoms with E-state index < -0.39 is 5.97 Å². The second-order valence-electron chi connectivity index (χ2n) is 5.30. The molecule has 1 N–H and O–H groups in total. The van der Waals surface area contributed by atoms with Crippen LogP contribution in [0.5, 0.6) is 0 Å². The standard InChI is InChI=1S/C20H32O3/c1-2-3-4-5-6-7-8-9-10-11-12-13-14-15-16-17-18-23-19-20(21)22/h3-4,6-7,9-10,12-13H,2,5,8,11,14-19H2,1H3,(H,21,22)/b4-3-,7-6-,10-9-,13-12-. The van der Waals surface area contributed by atoms with Gasteiger partial charge in [-0.3, -0.25) is 0 Å². The Kier molecular flexibility index (Phi) is 17.1. The zero-order valence-electron chi connectivity index (χ0n) is 14.5. The second kappa shape index (κ2) is 18.4. The number of aliphatic carboxylic acids is 1. The topological polar surface area (TPSA) is 46.5 Å². The molecule has 23 heavy (non-hydrogen) atoms. The number of hydrogen-bond acceptors (Lipinski definition) is 2. The summed E-state index contributed by atoms with van der Waals surface area (Å²) in [6.45, 7) is 2.50. The molecule has 0 spiro atoms. The lowest BCUT2D eigenvalue weighted by molar-refractivity contribution is -0.142. The van der Waals surface area contributed by atoms with Gasteiger partial charge in [-0.25, -0.2) is 4.79 Å². The largest absolute Gasteiger partial charge is 0.480 e. The SMILES string of the molecule is CC/C=C\C/C=C\C/C=C\C/C=C\CCCCCOCC(=O)O. The van der Waals surface area contributed by atoms with Gasteiger partial charge in [-0.1, -0.05) is 62.0 Å². The molecule has 0 bridgehead atoms. The number of rotatable bonds is 15. The lowest BCUT2D eigenvalue weighted by atomic mass is 10.2. The molecule has 0 atom stereocenters. The maximum atomic E-state index is 10.2. The highest BCUT2D eigenvalue weighted by Crippen LogP contribution is 2.02. The van der Waals surface area contributed by atoms with E-state index in [4.69, 9.17) is 9.84 Å². The molecule has 3 heteroatoms. The van der Waals surface area contributed by atoms with Crippen molar-refractivity contribution in [3.05, 3.63) is 48.6 Å². The Balaban J connectivity index is 3.32. The molecule has 130 valence electrons. The van der Waals surface area contributed by atoms with Crippen molar-refractivity contribution < 1.29 is 14.6 Å². The van der Waals surface area contributed by atoms with Crippen LogP contribution in [-0.4, -0.2) is 24.3 Å². The van der Waals surface area contributed by atoms with Crippen LogP contribution in [0.1, 0.15) is 58.3 Å². The van der Waals surface area contributed by atoms with Gasteiger partial charge in [0, 0.05) is 6.61 Å². The number of ether oxygens (including phenoxy) is 1. The Morgan fingerprint density at radius 2 is 1.39 bits per heavy atom. The quantitative estimate of drug-likeness (QED) is 0.322. The summed E-state index contributed by atoms with van der Waals surface area (Å²) >= 11 is 0. The molecule has 0 rings (SSSR count). The normalized spacial score (nSPS) is 12.4. The minimum absolute atomic E-state index is 0.184. The van der Waals surface area contributed by atoms with Crippen LogP contribution < -0.4 is 0 Å². The Morgan fingerprint density at radius 1 is 0.826 bits per heavy atom. The van der Waals surface area contributed by atoms with E-state index in [1.54, 1.807) is 0 Å². The van der Waals surface area contributed by atoms with Gasteiger partial charge in [0.05, 0.1) is 0 Å². The molecule has 0 aromatic heterocycles. The van der Waals surface area contributed by atoms with Gasteiger partial charge in [0.2, 0.25) is 0 Å². The third-order valence-corrected chi connectivity index (χ3v) is 3.10. The number of carboxylic acids is 1. The van der Waals surface area contributed by atoms with Crippen LogP contribution in [0.15, 0.2) is 48.6 Å². The molecule has 0 heterocycles. The van der Waals surface area contributed by atoms with Crippen LogP contribution >= 0.6 is 0 Å². The van der Waals surface area contributed by atoms with E-state index in [1.807, 2.05) is 0 Å². The highest BCUT2D eigenvalue weighted by Gasteiger charge is 1.95. The first kappa shape index (κ1) is 21.4. The average Bonchev–Trinajstić information content (AvgIpc) is 2.53. The summed E-state index contributed by atoms with van der Waals surface area (Å²) in [5.41, 5.74) is 0. The highest BCUT2D eigenvalue weighted by atomic mass is 16.5. The summed E-state index contributed by atoms with van der Waals surface area (Å²) in [6.07, 6.45) is 26.0. The smallest absolute Gasteiger partial charge is 0.329 e. The van der Waals surface area contributed by atoms with Crippen molar-refractivity contribution in [1.29, 1.82) is 0 Å². The molecule has 0 amide bonds. The molecular formula is C20H32O3. The van der Waals surface area contributed by atoms with E-state index in [2.05, 4.69) is 55.5 Å². The number of allylic oxidation sites excluding steroid dienone is 8. The lowest BCUT2D eigenvalue weighted by Crippen LogP contribution is -2.07. The van der Waals surface area contributed by atoms with Gasteiger partial charge >= 0.3 is 5.97 Å². The third-order valence-electron chi connectivity index (χ3n) is 3.10. The Morgan fingerprint density at radius 3 is 1.96 bits per heavy atom. The van der Waals surface area contributed by atoms with Crippen molar-refractivity contribution in [3.63, 3.8) is 0 Å². The summed E-state index contributed by atoms with van der Waals surface area (Å²) in [7, 11) is 0. The van der Waals surface area contributed by atoms with Crippen molar-refractivity contribution in [2.24, 2.45) is 0 Å². The lowest BCUT2D eigenvalue weighted by Gasteiger charge is -1.99. The summed E-state index contributed by atoms with van der Waals surface area (Å²) < 4.78 is 4.98. The highest BCUT2D eigenvalue weighted by molar-refractivity contribution is 5.67. The summed E-state index contributed by atoms with van der Waals surface area (Å²) in [4.78, 5) is 10.2. The van der Waals surface area contributed by atoms with Gasteiger partial charge in [-0.15, -0.1) is 0 Å². The van der Waals surface area contributed by atoms with Gasteiger partial charge in [0.25, 0.3) is 0 Å². The van der Waals surface area contributed by atoms with Gasteiger partial charge in [-0.05, 0) is 44.9 Å². The first-order valence-electron chi connectivity index (χ1n) is 8.67. The minimum Gasteiger partial charge on any atom is -0.480 e. The predicted molar refractivity (Wildman–Crippen MR) is 97.6 cm³/mol. The van der Waals surface area contributed by atoms with Crippen LogP contribution in [0, 0.1) is 0 Å². The first-order valence-corrected chi connectivity index (χ1v) is 8.67. The van der Waals surface area contributed by atoms with Gasteiger partial charge < -0.3 is 9.84 Å². The average molecular weight is 320 g/mol. The van der Waals surface area contributed by atoms with Crippen molar-refractivity contribution >= 4 is 5.97 Å². The van der Waals surface area contributed by atoms with Crippen molar-refractivity contribution in [2.45, 2.75) is 58.3 Å². The monoisotopic (exact) mass is 320 g/mol. The van der Waals surface area contributed by atoms with E-state index in [-0.39, 0.29) is 6.61 Å². The van der Waals surface area contributed by atoms with Gasteiger partial charge in [0.1, 0.15) is 6.61 Å². The first-order chi connectivity index (χ1) is 11.3. The second-order valence-corrected chi connectivity index (χ2v) is 5.30. The van der Waals surface area contributed by atoms with E-state index in [9.17, 15) is 4.79 Å². The van der Waals surface area contributed by atoms with Crippen LogP contribution in [0.2, 0.25) is 0 Å². The molecule has 0 aromatic rings. The fourth-order valence-corrected chi connectivity index (χ4v) is 1.90. The van der Waals surface area contributed by atoms with Crippen LogP contribution in [0.25, 0.3) is 0 Å². The van der Waals surface area contributed by atoms with E-state index in [0.717, 1.165) is 51.4 Å². The Bertz CT molecular complexity index is 378. The fraction of sp³-hybridized carbons (Fsp3) is 0.550. The molecule has 0 saturated heterocycles. The molecule has 0 fully saturated rings. The molecule has 0 saturated carbocycles. The number of unbranched alkanes of at least 4 members (excludes halogenated alkanes) is 3. The Hall–Kier alpha value is -1.61. The van der Waals surface area contributed by atoms with Crippen molar-refractivity contribution in [2.75, 3.05) is 13.2 Å². The van der Waals surface area contributed by atoms with Gasteiger partial charge in [-0.2, -0.15) is 0 Å². The van der Waals surface area contributed by atoms with Crippen LogP contribution in [0.4, 0.5) is 0 Å². The minimum atomic E-state index is -0.898. The molecule has 0 aliphatic carbocycles. The molecule has 0 unspecified atom stereocenters. The molecule has 0 aliphatic heterocycles. The fourth-order valence-electron chi connectivity index (χ4n) is 1.90. The molecule has 0 aliphatic rings. The van der Waals surface area contributed by atoms with E-state index in [0.29, 0.717) is 6.61 Å². The number of carbonyl (C=O) groups is 1. The summed E-state index contributed by atoms with van der Waals surface area (Å²) in [6, 6.07) is 0. The number of hydrogen-bond donors (Lipinski definition) is 1. The van der Waals surface area contributed by atoms with E-state index >= 15 is 0 Å². The predicted octanol–water partition coefficient (Wildman–Crippen LogP) is 5.45. The molecule has 0 radical (unpaired) electrons. The zero-order chi connectivity index (χ0) is 17.0. The van der Waals surface area contributed by atoms with Crippen LogP contribution in [-0.2, 0) is 9.53 Å². The van der Waals surface area contributed by atoms with Crippen molar-refractivity contribution in [1.82, 2.24) is 0 Å². The molecule has 3 nitrogen and oxygen atoms in total.